The lowest BCUT2D eigenvalue weighted by atomic mass is 10.2. The molecule has 5 heteroatoms. The fourth-order valence-electron chi connectivity index (χ4n) is 2.05. The van der Waals surface area contributed by atoms with Gasteiger partial charge in [-0.15, -0.1) is 11.8 Å². The molecule has 1 aliphatic rings. The third kappa shape index (κ3) is 1.63. The van der Waals surface area contributed by atoms with Crippen molar-refractivity contribution in [2.75, 3.05) is 0 Å². The second kappa shape index (κ2) is 3.92. The highest BCUT2D eigenvalue weighted by Gasteiger charge is 2.36. The molecule has 86 valence electrons. The van der Waals surface area contributed by atoms with Crippen molar-refractivity contribution < 1.29 is 9.90 Å². The van der Waals surface area contributed by atoms with Gasteiger partial charge >= 0.3 is 5.97 Å². The van der Waals surface area contributed by atoms with Crippen LogP contribution in [0.1, 0.15) is 21.9 Å². The van der Waals surface area contributed by atoms with Crippen LogP contribution in [0.2, 0.25) is 0 Å². The molecule has 0 aromatic carbocycles. The monoisotopic (exact) mass is 246 g/mol. The first-order valence-corrected chi connectivity index (χ1v) is 6.16. The maximum absolute atomic E-state index is 11.2. The van der Waals surface area contributed by atoms with Crippen LogP contribution in [0.25, 0.3) is 0 Å². The number of hydrogen-bond acceptors (Lipinski definition) is 3. The molecule has 0 spiro atoms. The molecule has 1 aliphatic heterocycles. The van der Waals surface area contributed by atoms with Gasteiger partial charge in [0.25, 0.3) is 0 Å². The van der Waals surface area contributed by atoms with Crippen LogP contribution in [0.5, 0.6) is 0 Å². The summed E-state index contributed by atoms with van der Waals surface area (Å²) in [4.78, 5) is 15.3. The Morgan fingerprint density at radius 2 is 2.29 bits per heavy atom. The quantitative estimate of drug-likeness (QED) is 0.883. The van der Waals surface area contributed by atoms with Gasteiger partial charge in [-0.2, -0.15) is 0 Å². The van der Waals surface area contributed by atoms with E-state index >= 15 is 0 Å². The van der Waals surface area contributed by atoms with Crippen LogP contribution in [0.4, 0.5) is 0 Å². The van der Waals surface area contributed by atoms with Crippen LogP contribution in [0.15, 0.2) is 42.9 Å². The number of carboxylic acids is 1. The molecule has 0 aliphatic carbocycles. The van der Waals surface area contributed by atoms with E-state index in [2.05, 4.69) is 4.98 Å². The van der Waals surface area contributed by atoms with E-state index in [9.17, 15) is 9.90 Å². The first kappa shape index (κ1) is 10.4. The zero-order valence-electron chi connectivity index (χ0n) is 8.85. The Morgan fingerprint density at radius 3 is 3.00 bits per heavy atom. The largest absolute Gasteiger partial charge is 0.480 e. The highest BCUT2D eigenvalue weighted by atomic mass is 32.2. The number of aromatic nitrogens is 2. The Labute approximate surface area is 102 Å². The van der Waals surface area contributed by atoms with E-state index in [-0.39, 0.29) is 5.37 Å². The zero-order valence-corrected chi connectivity index (χ0v) is 9.67. The number of carbonyl (C=O) groups is 1. The Kier molecular flexibility index (Phi) is 2.40. The van der Waals surface area contributed by atoms with Gasteiger partial charge in [0, 0.05) is 29.8 Å². The second-order valence-electron chi connectivity index (χ2n) is 3.83. The van der Waals surface area contributed by atoms with Crippen molar-refractivity contribution in [1.82, 2.24) is 9.55 Å². The van der Waals surface area contributed by atoms with Gasteiger partial charge in [-0.1, -0.05) is 6.07 Å². The summed E-state index contributed by atoms with van der Waals surface area (Å²) in [5.74, 6) is -0.790. The van der Waals surface area contributed by atoms with Gasteiger partial charge < -0.3 is 9.67 Å². The lowest BCUT2D eigenvalue weighted by Crippen LogP contribution is -2.04. The zero-order chi connectivity index (χ0) is 11.8. The Bertz CT molecular complexity index is 553. The number of rotatable bonds is 2. The van der Waals surface area contributed by atoms with Crippen molar-refractivity contribution in [2.24, 2.45) is 0 Å². The lowest BCUT2D eigenvalue weighted by molar-refractivity contribution is -0.136. The van der Waals surface area contributed by atoms with Crippen LogP contribution >= 0.6 is 11.8 Å². The third-order valence-corrected chi connectivity index (χ3v) is 4.26. The van der Waals surface area contributed by atoms with E-state index in [4.69, 9.17) is 0 Å². The lowest BCUT2D eigenvalue weighted by Gasteiger charge is -2.12. The van der Waals surface area contributed by atoms with Crippen LogP contribution < -0.4 is 0 Å². The number of aliphatic carboxylic acids is 1. The standard InChI is InChI=1S/C12H10N2O2S/c15-12(16)10-9-4-2-6-14(9)11(17-10)8-3-1-5-13-7-8/h1-7,10-11H,(H,15,16). The van der Waals surface area contributed by atoms with E-state index in [1.165, 1.54) is 11.8 Å². The number of pyridine rings is 1. The second-order valence-corrected chi connectivity index (χ2v) is 5.02. The number of nitrogens with zero attached hydrogens (tertiary/aromatic N) is 2. The molecular formula is C12H10N2O2S. The van der Waals surface area contributed by atoms with E-state index in [0.717, 1.165) is 11.3 Å². The normalized spacial score (nSPS) is 22.4. The van der Waals surface area contributed by atoms with Crippen molar-refractivity contribution >= 4 is 17.7 Å². The molecule has 4 nitrogen and oxygen atoms in total. The van der Waals surface area contributed by atoms with E-state index in [1.807, 2.05) is 35.0 Å². The molecular weight excluding hydrogens is 236 g/mol. The van der Waals surface area contributed by atoms with Crippen LogP contribution in [0.3, 0.4) is 0 Å². The SMILES string of the molecule is O=C(O)C1SC(c2cccnc2)n2cccc21. The topological polar surface area (TPSA) is 55.1 Å². The predicted molar refractivity (Wildman–Crippen MR) is 64.8 cm³/mol. The number of thioether (sulfide) groups is 1. The van der Waals surface area contributed by atoms with E-state index in [0.29, 0.717) is 0 Å². The first-order chi connectivity index (χ1) is 8.27. The predicted octanol–water partition coefficient (Wildman–Crippen LogP) is 2.30. The minimum atomic E-state index is -0.790. The van der Waals surface area contributed by atoms with Crippen LogP contribution in [-0.4, -0.2) is 20.6 Å². The summed E-state index contributed by atoms with van der Waals surface area (Å²) in [6.45, 7) is 0. The summed E-state index contributed by atoms with van der Waals surface area (Å²) in [6, 6.07) is 7.59. The molecule has 2 aromatic rings. The minimum Gasteiger partial charge on any atom is -0.480 e. The average molecular weight is 246 g/mol. The summed E-state index contributed by atoms with van der Waals surface area (Å²) in [6.07, 6.45) is 5.42. The average Bonchev–Trinajstić information content (AvgIpc) is 2.90. The fraction of sp³-hybridized carbons (Fsp3) is 0.167. The van der Waals surface area contributed by atoms with Gasteiger partial charge in [0.2, 0.25) is 0 Å². The molecule has 2 atom stereocenters. The number of hydrogen-bond donors (Lipinski definition) is 1. The summed E-state index contributed by atoms with van der Waals surface area (Å²) in [5, 5.41) is 8.71. The molecule has 0 saturated carbocycles. The summed E-state index contributed by atoms with van der Waals surface area (Å²) >= 11 is 1.43. The maximum atomic E-state index is 11.2. The van der Waals surface area contributed by atoms with Crippen molar-refractivity contribution in [2.45, 2.75) is 10.6 Å². The van der Waals surface area contributed by atoms with E-state index < -0.39 is 11.2 Å². The molecule has 3 heterocycles. The maximum Gasteiger partial charge on any atom is 0.322 e. The van der Waals surface area contributed by atoms with Gasteiger partial charge in [0.1, 0.15) is 10.6 Å². The smallest absolute Gasteiger partial charge is 0.322 e. The van der Waals surface area contributed by atoms with Crippen LogP contribution in [0, 0.1) is 0 Å². The number of carboxylic acid groups (broad SMARTS) is 1. The van der Waals surface area contributed by atoms with Gasteiger partial charge in [0.05, 0.1) is 0 Å². The van der Waals surface area contributed by atoms with Crippen molar-refractivity contribution in [3.8, 4) is 0 Å². The molecule has 0 fully saturated rings. The van der Waals surface area contributed by atoms with Crippen molar-refractivity contribution in [3.05, 3.63) is 54.1 Å². The third-order valence-electron chi connectivity index (χ3n) is 2.79. The van der Waals surface area contributed by atoms with Crippen molar-refractivity contribution in [1.29, 1.82) is 0 Å². The molecule has 0 amide bonds. The van der Waals surface area contributed by atoms with E-state index in [1.54, 1.807) is 12.4 Å². The van der Waals surface area contributed by atoms with Gasteiger partial charge in [0.15, 0.2) is 0 Å². The fourth-order valence-corrected chi connectivity index (χ4v) is 3.39. The Balaban J connectivity index is 2.04. The molecule has 0 radical (unpaired) electrons. The Hall–Kier alpha value is -1.75. The molecule has 17 heavy (non-hydrogen) atoms. The highest BCUT2D eigenvalue weighted by Crippen LogP contribution is 2.48. The van der Waals surface area contributed by atoms with Crippen LogP contribution in [-0.2, 0) is 4.79 Å². The molecule has 0 bridgehead atoms. The molecule has 3 rings (SSSR count). The summed E-state index contributed by atoms with van der Waals surface area (Å²) < 4.78 is 2.00. The molecule has 0 saturated heterocycles. The number of fused-ring (bicyclic) bond motifs is 1. The summed E-state index contributed by atoms with van der Waals surface area (Å²) in [7, 11) is 0. The van der Waals surface area contributed by atoms with Crippen molar-refractivity contribution in [3.63, 3.8) is 0 Å². The highest BCUT2D eigenvalue weighted by molar-refractivity contribution is 8.00. The Morgan fingerprint density at radius 1 is 1.41 bits per heavy atom. The van der Waals surface area contributed by atoms with Gasteiger partial charge in [-0.05, 0) is 18.2 Å². The molecule has 1 N–H and O–H groups in total. The molecule has 2 unspecified atom stereocenters. The summed E-state index contributed by atoms with van der Waals surface area (Å²) in [5.41, 5.74) is 1.87. The molecule has 2 aromatic heterocycles. The van der Waals surface area contributed by atoms with Gasteiger partial charge in [-0.3, -0.25) is 9.78 Å². The first-order valence-electron chi connectivity index (χ1n) is 5.22. The minimum absolute atomic E-state index is 0.00907. The van der Waals surface area contributed by atoms with Gasteiger partial charge in [-0.25, -0.2) is 0 Å².